The minimum atomic E-state index is 0.271. The Balaban J connectivity index is 3.04. The normalized spacial score (nSPS) is 14.3. The Hall–Kier alpha value is -0.570. The minimum absolute atomic E-state index is 0.271. The molecule has 0 saturated heterocycles. The number of hydrogen-bond donors (Lipinski definition) is 0. The molecule has 0 spiro atoms. The fourth-order valence-corrected chi connectivity index (χ4v) is 2.94. The molecule has 0 aliphatic heterocycles. The zero-order valence-corrected chi connectivity index (χ0v) is 13.7. The molecular weight excluding hydrogens is 290 g/mol. The molecule has 3 heteroatoms. The number of methoxy groups -OCH3 is 1. The van der Waals surface area contributed by atoms with E-state index in [2.05, 4.69) is 41.7 Å². The van der Waals surface area contributed by atoms with Crippen molar-refractivity contribution in [2.45, 2.75) is 47.0 Å². The molecule has 1 unspecified atom stereocenters. The van der Waals surface area contributed by atoms with Crippen LogP contribution in [0.25, 0.3) is 0 Å². The molecule has 1 atom stereocenters. The summed E-state index contributed by atoms with van der Waals surface area (Å²) >= 11 is 3.65. The van der Waals surface area contributed by atoms with Crippen LogP contribution in [-0.2, 0) is 6.42 Å². The number of ether oxygens (including phenoxy) is 1. The first-order valence-corrected chi connectivity index (χ1v) is 7.64. The van der Waals surface area contributed by atoms with Gasteiger partial charge in [0, 0.05) is 28.3 Å². The fourth-order valence-electron chi connectivity index (χ4n) is 2.46. The molecule has 0 aromatic carbocycles. The maximum Gasteiger partial charge on any atom is 0.128 e. The Bertz CT molecular complexity index is 406. The molecule has 0 saturated carbocycles. The lowest BCUT2D eigenvalue weighted by Crippen LogP contribution is -2.22. The summed E-state index contributed by atoms with van der Waals surface area (Å²) in [6.45, 7) is 8.70. The van der Waals surface area contributed by atoms with Crippen LogP contribution in [-0.4, -0.2) is 17.4 Å². The molecule has 18 heavy (non-hydrogen) atoms. The third-order valence-corrected chi connectivity index (χ3v) is 4.87. The molecule has 1 heterocycles. The number of aryl methyl sites for hydroxylation is 1. The van der Waals surface area contributed by atoms with Gasteiger partial charge < -0.3 is 4.74 Å². The van der Waals surface area contributed by atoms with E-state index in [0.717, 1.165) is 28.8 Å². The molecule has 102 valence electrons. The van der Waals surface area contributed by atoms with Gasteiger partial charge in [0.15, 0.2) is 0 Å². The summed E-state index contributed by atoms with van der Waals surface area (Å²) in [4.78, 5) is 4.60. The van der Waals surface area contributed by atoms with Gasteiger partial charge in [-0.3, -0.25) is 4.98 Å². The van der Waals surface area contributed by atoms with Gasteiger partial charge in [-0.15, -0.1) is 0 Å². The molecule has 0 fully saturated rings. The van der Waals surface area contributed by atoms with Crippen LogP contribution in [0.15, 0.2) is 6.20 Å². The average Bonchev–Trinajstić information content (AvgIpc) is 2.34. The van der Waals surface area contributed by atoms with Crippen LogP contribution in [0, 0.1) is 19.3 Å². The highest BCUT2D eigenvalue weighted by Gasteiger charge is 2.24. The van der Waals surface area contributed by atoms with Crippen molar-refractivity contribution in [3.63, 3.8) is 0 Å². The fraction of sp³-hybridized carbons (Fsp3) is 0.667. The lowest BCUT2D eigenvalue weighted by atomic mass is 9.82. The Kier molecular flexibility index (Phi) is 5.64. The summed E-state index contributed by atoms with van der Waals surface area (Å²) in [5.74, 6) is 0.980. The minimum Gasteiger partial charge on any atom is -0.496 e. The quantitative estimate of drug-likeness (QED) is 0.724. The summed E-state index contributed by atoms with van der Waals surface area (Å²) in [5.41, 5.74) is 3.72. The van der Waals surface area contributed by atoms with Gasteiger partial charge in [-0.05, 0) is 32.1 Å². The molecule has 0 aliphatic carbocycles. The summed E-state index contributed by atoms with van der Waals surface area (Å²) in [6.07, 6.45) is 5.32. The molecule has 0 N–H and O–H groups in total. The first kappa shape index (κ1) is 15.5. The zero-order valence-electron chi connectivity index (χ0n) is 12.1. The molecule has 0 aliphatic rings. The van der Waals surface area contributed by atoms with Gasteiger partial charge in [0.05, 0.1) is 7.11 Å². The molecule has 1 aromatic rings. The van der Waals surface area contributed by atoms with Crippen LogP contribution in [0.1, 0.15) is 43.5 Å². The van der Waals surface area contributed by atoms with Crippen LogP contribution in [0.5, 0.6) is 5.75 Å². The third-order valence-electron chi connectivity index (χ3n) is 3.52. The summed E-state index contributed by atoms with van der Waals surface area (Å²) in [6, 6.07) is 0. The van der Waals surface area contributed by atoms with Crippen molar-refractivity contribution in [3.05, 3.63) is 23.0 Å². The highest BCUT2D eigenvalue weighted by Crippen LogP contribution is 2.33. The average molecular weight is 314 g/mol. The standard InChI is InChI=1S/C15H24BrNO/c1-6-7-15(4,10-16)8-13-12(3)14(18-5)11(2)9-17-13/h9H,6-8,10H2,1-5H3. The molecular formula is C15H24BrNO. The van der Waals surface area contributed by atoms with Crippen molar-refractivity contribution >= 4 is 15.9 Å². The second kappa shape index (κ2) is 6.55. The SMILES string of the molecule is CCCC(C)(CBr)Cc1ncc(C)c(OC)c1C. The molecule has 1 aromatic heterocycles. The van der Waals surface area contributed by atoms with Crippen molar-refractivity contribution in [2.75, 3.05) is 12.4 Å². The third kappa shape index (κ3) is 3.47. The van der Waals surface area contributed by atoms with Crippen molar-refractivity contribution < 1.29 is 4.74 Å². The van der Waals surface area contributed by atoms with Crippen LogP contribution >= 0.6 is 15.9 Å². The first-order valence-electron chi connectivity index (χ1n) is 6.52. The second-order valence-corrected chi connectivity index (χ2v) is 5.98. The molecule has 1 rings (SSSR count). The summed E-state index contributed by atoms with van der Waals surface area (Å²) in [5, 5.41) is 1.01. The zero-order chi connectivity index (χ0) is 13.8. The van der Waals surface area contributed by atoms with E-state index < -0.39 is 0 Å². The topological polar surface area (TPSA) is 22.1 Å². The van der Waals surface area contributed by atoms with Crippen LogP contribution in [0.3, 0.4) is 0 Å². The van der Waals surface area contributed by atoms with E-state index in [0.29, 0.717) is 0 Å². The van der Waals surface area contributed by atoms with Gasteiger partial charge >= 0.3 is 0 Å². The van der Waals surface area contributed by atoms with E-state index in [4.69, 9.17) is 4.74 Å². The number of aromatic nitrogens is 1. The predicted molar refractivity (Wildman–Crippen MR) is 80.8 cm³/mol. The Morgan fingerprint density at radius 2 is 2.06 bits per heavy atom. The maximum absolute atomic E-state index is 5.47. The Morgan fingerprint density at radius 3 is 2.56 bits per heavy atom. The van der Waals surface area contributed by atoms with Crippen LogP contribution in [0.2, 0.25) is 0 Å². The Labute approximate surface area is 119 Å². The van der Waals surface area contributed by atoms with Crippen molar-refractivity contribution in [3.8, 4) is 5.75 Å². The molecule has 0 bridgehead atoms. The number of alkyl halides is 1. The van der Waals surface area contributed by atoms with Crippen LogP contribution in [0.4, 0.5) is 0 Å². The highest BCUT2D eigenvalue weighted by atomic mass is 79.9. The smallest absolute Gasteiger partial charge is 0.128 e. The monoisotopic (exact) mass is 313 g/mol. The van der Waals surface area contributed by atoms with Crippen LogP contribution < -0.4 is 4.74 Å². The van der Waals surface area contributed by atoms with E-state index in [-0.39, 0.29) is 5.41 Å². The number of rotatable bonds is 6. The molecule has 2 nitrogen and oxygen atoms in total. The second-order valence-electron chi connectivity index (χ2n) is 5.42. The first-order chi connectivity index (χ1) is 8.47. The summed E-state index contributed by atoms with van der Waals surface area (Å²) < 4.78 is 5.47. The van der Waals surface area contributed by atoms with Gasteiger partial charge in [-0.2, -0.15) is 0 Å². The number of nitrogens with zero attached hydrogens (tertiary/aromatic N) is 1. The maximum atomic E-state index is 5.47. The number of halogens is 1. The van der Waals surface area contributed by atoms with E-state index in [9.17, 15) is 0 Å². The molecule has 0 radical (unpaired) electrons. The van der Waals surface area contributed by atoms with Gasteiger partial charge in [0.1, 0.15) is 5.75 Å². The number of hydrogen-bond acceptors (Lipinski definition) is 2. The summed E-state index contributed by atoms with van der Waals surface area (Å²) in [7, 11) is 1.73. The highest BCUT2D eigenvalue weighted by molar-refractivity contribution is 9.09. The van der Waals surface area contributed by atoms with Gasteiger partial charge in [0.25, 0.3) is 0 Å². The van der Waals surface area contributed by atoms with Crippen molar-refractivity contribution in [2.24, 2.45) is 5.41 Å². The lowest BCUT2D eigenvalue weighted by molar-refractivity contribution is 0.334. The van der Waals surface area contributed by atoms with E-state index >= 15 is 0 Å². The van der Waals surface area contributed by atoms with Crippen molar-refractivity contribution in [1.82, 2.24) is 4.98 Å². The molecule has 0 amide bonds. The van der Waals surface area contributed by atoms with Gasteiger partial charge in [-0.1, -0.05) is 36.2 Å². The van der Waals surface area contributed by atoms with Gasteiger partial charge in [-0.25, -0.2) is 0 Å². The van der Waals surface area contributed by atoms with Crippen molar-refractivity contribution in [1.29, 1.82) is 0 Å². The van der Waals surface area contributed by atoms with E-state index in [1.54, 1.807) is 7.11 Å². The van der Waals surface area contributed by atoms with E-state index in [1.807, 2.05) is 13.1 Å². The van der Waals surface area contributed by atoms with E-state index in [1.165, 1.54) is 18.4 Å². The van der Waals surface area contributed by atoms with Gasteiger partial charge in [0.2, 0.25) is 0 Å². The Morgan fingerprint density at radius 1 is 1.39 bits per heavy atom. The lowest BCUT2D eigenvalue weighted by Gasteiger charge is -2.27. The number of pyridine rings is 1. The largest absolute Gasteiger partial charge is 0.496 e. The predicted octanol–water partition coefficient (Wildman–Crippen LogP) is 4.45.